The first-order valence-electron chi connectivity index (χ1n) is 6.01. The van der Waals surface area contributed by atoms with Crippen LogP contribution in [0.5, 0.6) is 5.75 Å². The first-order valence-corrected chi connectivity index (χ1v) is 7.18. The van der Waals surface area contributed by atoms with E-state index in [1.165, 1.54) is 18.2 Å². The van der Waals surface area contributed by atoms with Crippen molar-refractivity contribution in [3.05, 3.63) is 61.6 Å². The molecule has 0 saturated carbocycles. The van der Waals surface area contributed by atoms with E-state index < -0.39 is 4.92 Å². The summed E-state index contributed by atoms with van der Waals surface area (Å²) in [4.78, 5) is 10.5. The van der Waals surface area contributed by atoms with Crippen LogP contribution >= 0.6 is 27.5 Å². The van der Waals surface area contributed by atoms with Crippen LogP contribution in [0.1, 0.15) is 5.56 Å². The molecule has 110 valence electrons. The molecule has 0 bridgehead atoms. The molecule has 0 saturated heterocycles. The molecular formula is C14H12BrClN2O3. The van der Waals surface area contributed by atoms with Crippen LogP contribution in [-0.4, -0.2) is 12.0 Å². The van der Waals surface area contributed by atoms with E-state index in [-0.39, 0.29) is 5.69 Å². The molecule has 2 rings (SSSR count). The SMILES string of the molecule is COc1ccc(CNc2cc(Cl)ccc2[N+](=O)[O-])cc1Br. The van der Waals surface area contributed by atoms with Gasteiger partial charge in [0.2, 0.25) is 0 Å². The van der Waals surface area contributed by atoms with Gasteiger partial charge in [0.15, 0.2) is 0 Å². The first kappa shape index (κ1) is 15.6. The van der Waals surface area contributed by atoms with Crippen LogP contribution in [0.2, 0.25) is 5.02 Å². The van der Waals surface area contributed by atoms with Crippen LogP contribution in [0.3, 0.4) is 0 Å². The molecule has 0 unspecified atom stereocenters. The number of halogens is 2. The van der Waals surface area contributed by atoms with E-state index >= 15 is 0 Å². The lowest BCUT2D eigenvalue weighted by Gasteiger charge is -2.09. The zero-order chi connectivity index (χ0) is 15.4. The summed E-state index contributed by atoms with van der Waals surface area (Å²) < 4.78 is 5.98. The molecule has 0 fully saturated rings. The van der Waals surface area contributed by atoms with Gasteiger partial charge in [-0.1, -0.05) is 17.7 Å². The average Bonchev–Trinajstić information content (AvgIpc) is 2.45. The normalized spacial score (nSPS) is 10.2. The van der Waals surface area contributed by atoms with E-state index in [2.05, 4.69) is 21.2 Å². The molecule has 1 N–H and O–H groups in total. The zero-order valence-corrected chi connectivity index (χ0v) is 13.4. The molecule has 2 aromatic carbocycles. The molecular weight excluding hydrogens is 360 g/mol. The number of hydrogen-bond donors (Lipinski definition) is 1. The Labute approximate surface area is 135 Å². The van der Waals surface area contributed by atoms with Crippen molar-refractivity contribution in [1.82, 2.24) is 0 Å². The second kappa shape index (κ2) is 6.78. The van der Waals surface area contributed by atoms with Crippen molar-refractivity contribution in [2.75, 3.05) is 12.4 Å². The summed E-state index contributed by atoms with van der Waals surface area (Å²) >= 11 is 9.28. The highest BCUT2D eigenvalue weighted by Gasteiger charge is 2.13. The molecule has 0 aliphatic carbocycles. The number of methoxy groups -OCH3 is 1. The Bertz CT molecular complexity index is 679. The van der Waals surface area contributed by atoms with Crippen LogP contribution in [0.4, 0.5) is 11.4 Å². The van der Waals surface area contributed by atoms with Crippen molar-refractivity contribution in [1.29, 1.82) is 0 Å². The molecule has 0 spiro atoms. The summed E-state index contributed by atoms with van der Waals surface area (Å²) in [6, 6.07) is 10.0. The first-order chi connectivity index (χ1) is 10.0. The number of hydrogen-bond acceptors (Lipinski definition) is 4. The summed E-state index contributed by atoms with van der Waals surface area (Å²) in [5.74, 6) is 0.729. The van der Waals surface area contributed by atoms with E-state index in [1.54, 1.807) is 7.11 Å². The second-order valence-corrected chi connectivity index (χ2v) is 5.53. The fourth-order valence-corrected chi connectivity index (χ4v) is 2.59. The number of nitro benzene ring substituents is 1. The smallest absolute Gasteiger partial charge is 0.292 e. The summed E-state index contributed by atoms with van der Waals surface area (Å²) in [6.45, 7) is 0.434. The van der Waals surface area contributed by atoms with Gasteiger partial charge < -0.3 is 10.1 Å². The van der Waals surface area contributed by atoms with Gasteiger partial charge in [0, 0.05) is 17.6 Å². The average molecular weight is 372 g/mol. The predicted octanol–water partition coefficient (Wildman–Crippen LogP) is 4.63. The third kappa shape index (κ3) is 3.86. The number of benzene rings is 2. The monoisotopic (exact) mass is 370 g/mol. The van der Waals surface area contributed by atoms with Gasteiger partial charge in [-0.3, -0.25) is 10.1 Å². The van der Waals surface area contributed by atoms with Gasteiger partial charge in [-0.25, -0.2) is 0 Å². The van der Waals surface area contributed by atoms with Gasteiger partial charge in [-0.2, -0.15) is 0 Å². The number of rotatable bonds is 5. The highest BCUT2D eigenvalue weighted by Crippen LogP contribution is 2.29. The highest BCUT2D eigenvalue weighted by molar-refractivity contribution is 9.10. The van der Waals surface area contributed by atoms with E-state index in [1.807, 2.05) is 18.2 Å². The van der Waals surface area contributed by atoms with Gasteiger partial charge in [-0.05, 0) is 45.8 Å². The van der Waals surface area contributed by atoms with Crippen LogP contribution in [0.25, 0.3) is 0 Å². The van der Waals surface area contributed by atoms with E-state index in [9.17, 15) is 10.1 Å². The fourth-order valence-electron chi connectivity index (χ4n) is 1.83. The molecule has 7 heteroatoms. The molecule has 5 nitrogen and oxygen atoms in total. The lowest BCUT2D eigenvalue weighted by atomic mass is 10.2. The van der Waals surface area contributed by atoms with Gasteiger partial charge >= 0.3 is 0 Å². The summed E-state index contributed by atoms with van der Waals surface area (Å²) in [5.41, 5.74) is 1.34. The molecule has 21 heavy (non-hydrogen) atoms. The third-order valence-electron chi connectivity index (χ3n) is 2.85. The molecule has 0 heterocycles. The van der Waals surface area contributed by atoms with Crippen LogP contribution in [0, 0.1) is 10.1 Å². The molecule has 0 amide bonds. The minimum atomic E-state index is -0.442. The minimum Gasteiger partial charge on any atom is -0.496 e. The van der Waals surface area contributed by atoms with Gasteiger partial charge in [0.1, 0.15) is 11.4 Å². The van der Waals surface area contributed by atoms with Crippen molar-refractivity contribution in [3.63, 3.8) is 0 Å². The Morgan fingerprint density at radius 3 is 2.71 bits per heavy atom. The summed E-state index contributed by atoms with van der Waals surface area (Å²) in [6.07, 6.45) is 0. The Morgan fingerprint density at radius 1 is 1.33 bits per heavy atom. The fraction of sp³-hybridized carbons (Fsp3) is 0.143. The lowest BCUT2D eigenvalue weighted by molar-refractivity contribution is -0.384. The maximum atomic E-state index is 11.0. The number of nitrogens with zero attached hydrogens (tertiary/aromatic N) is 1. The largest absolute Gasteiger partial charge is 0.496 e. The van der Waals surface area contributed by atoms with E-state index in [0.717, 1.165) is 15.8 Å². The van der Waals surface area contributed by atoms with Crippen LogP contribution < -0.4 is 10.1 Å². The summed E-state index contributed by atoms with van der Waals surface area (Å²) in [5, 5.41) is 14.5. The maximum absolute atomic E-state index is 11.0. The number of nitro groups is 1. The minimum absolute atomic E-state index is 0.00743. The Morgan fingerprint density at radius 2 is 2.10 bits per heavy atom. The molecule has 0 aliphatic heterocycles. The van der Waals surface area contributed by atoms with Crippen molar-refractivity contribution >= 4 is 38.9 Å². The van der Waals surface area contributed by atoms with Gasteiger partial charge in [0.05, 0.1) is 16.5 Å². The quantitative estimate of drug-likeness (QED) is 0.614. The number of anilines is 1. The van der Waals surface area contributed by atoms with Crippen molar-refractivity contribution in [3.8, 4) is 5.75 Å². The molecule has 0 aliphatic rings. The Balaban J connectivity index is 2.18. The van der Waals surface area contributed by atoms with Crippen LogP contribution in [0.15, 0.2) is 40.9 Å². The van der Waals surface area contributed by atoms with Crippen molar-refractivity contribution in [2.45, 2.75) is 6.54 Å². The molecule has 0 aromatic heterocycles. The third-order valence-corrected chi connectivity index (χ3v) is 3.71. The Kier molecular flexibility index (Phi) is 5.03. The standard InChI is InChI=1S/C14H12BrClN2O3/c1-21-14-5-2-9(6-11(14)15)8-17-12-7-10(16)3-4-13(12)18(19)20/h2-7,17H,8H2,1H3. The predicted molar refractivity (Wildman–Crippen MR) is 86.1 cm³/mol. The van der Waals surface area contributed by atoms with Crippen molar-refractivity contribution in [2.24, 2.45) is 0 Å². The number of ether oxygens (including phenoxy) is 1. The highest BCUT2D eigenvalue weighted by atomic mass is 79.9. The van der Waals surface area contributed by atoms with Crippen LogP contribution in [-0.2, 0) is 6.54 Å². The van der Waals surface area contributed by atoms with Crippen molar-refractivity contribution < 1.29 is 9.66 Å². The zero-order valence-electron chi connectivity index (χ0n) is 11.1. The molecule has 0 atom stereocenters. The second-order valence-electron chi connectivity index (χ2n) is 4.24. The topological polar surface area (TPSA) is 64.4 Å². The molecule has 0 radical (unpaired) electrons. The lowest BCUT2D eigenvalue weighted by Crippen LogP contribution is -2.03. The van der Waals surface area contributed by atoms with Gasteiger partial charge in [0.25, 0.3) is 5.69 Å². The van der Waals surface area contributed by atoms with E-state index in [0.29, 0.717) is 17.3 Å². The molecule has 2 aromatic rings. The Hall–Kier alpha value is -1.79. The summed E-state index contributed by atoms with van der Waals surface area (Å²) in [7, 11) is 1.59. The number of nitrogens with one attached hydrogen (secondary N) is 1. The maximum Gasteiger partial charge on any atom is 0.292 e. The van der Waals surface area contributed by atoms with Gasteiger partial charge in [-0.15, -0.1) is 0 Å². The van der Waals surface area contributed by atoms with E-state index in [4.69, 9.17) is 16.3 Å².